The number of aromatic nitrogens is 6. The smallest absolute Gasteiger partial charge is 0.0568 e. The maximum absolute atomic E-state index is 4.56. The van der Waals surface area contributed by atoms with E-state index in [0.29, 0.717) is 0 Å². The van der Waals surface area contributed by atoms with Gasteiger partial charge in [0.1, 0.15) is 0 Å². The van der Waals surface area contributed by atoms with Gasteiger partial charge in [-0.05, 0) is 67.7 Å². The number of pyridine rings is 2. The lowest BCUT2D eigenvalue weighted by atomic mass is 9.90. The van der Waals surface area contributed by atoms with Crippen LogP contribution < -0.4 is 0 Å². The quantitative estimate of drug-likeness (QED) is 0.211. The zero-order valence-corrected chi connectivity index (χ0v) is 23.2. The van der Waals surface area contributed by atoms with E-state index in [-0.39, 0.29) is 0 Å². The van der Waals surface area contributed by atoms with Crippen molar-refractivity contribution < 1.29 is 0 Å². The lowest BCUT2D eigenvalue weighted by molar-refractivity contribution is 0.768. The van der Waals surface area contributed by atoms with E-state index in [2.05, 4.69) is 93.0 Å². The fraction of sp³-hybridized carbons (Fsp3) is 0.0556. The van der Waals surface area contributed by atoms with E-state index < -0.39 is 0 Å². The van der Waals surface area contributed by atoms with E-state index in [4.69, 9.17) is 0 Å². The molecule has 6 nitrogen and oxygen atoms in total. The van der Waals surface area contributed by atoms with Crippen LogP contribution in [-0.4, -0.2) is 29.5 Å². The number of nitrogens with zero attached hydrogens (tertiary/aromatic N) is 6. The Labute approximate surface area is 242 Å². The van der Waals surface area contributed by atoms with E-state index in [0.717, 1.165) is 44.5 Å². The van der Waals surface area contributed by atoms with Crippen LogP contribution in [0.2, 0.25) is 0 Å². The second-order valence-electron chi connectivity index (χ2n) is 10.8. The molecule has 0 fully saturated rings. The summed E-state index contributed by atoms with van der Waals surface area (Å²) in [6.45, 7) is 0. The molecule has 0 atom stereocenters. The Morgan fingerprint density at radius 3 is 1.19 bits per heavy atom. The molecule has 0 bridgehead atoms. The summed E-state index contributed by atoms with van der Waals surface area (Å²) in [4.78, 5) is 9.11. The standard InChI is InChI=1S/C36H26N6/c1-41-21-29(19-39-41)27-11-25(15-37-17-27)23-7-9-33-34-10-8-24(14-36(34)32-6-4-3-5-31(32)35(33)13-23)26-12-28(18-38-16-26)30-20-40-42(2)22-30/h3-22H,1-2H3. The predicted octanol–water partition coefficient (Wildman–Crippen LogP) is 8.07. The van der Waals surface area contributed by atoms with Gasteiger partial charge in [0.25, 0.3) is 0 Å². The minimum atomic E-state index is 1.05. The second-order valence-corrected chi connectivity index (χ2v) is 10.8. The lowest BCUT2D eigenvalue weighted by Gasteiger charge is -2.14. The number of benzene rings is 4. The molecule has 0 N–H and O–H groups in total. The van der Waals surface area contributed by atoms with Crippen molar-refractivity contribution in [1.29, 1.82) is 0 Å². The first kappa shape index (κ1) is 24.2. The molecule has 0 amide bonds. The van der Waals surface area contributed by atoms with Gasteiger partial charge in [-0.2, -0.15) is 10.2 Å². The Kier molecular flexibility index (Phi) is 5.47. The maximum Gasteiger partial charge on any atom is 0.0568 e. The van der Waals surface area contributed by atoms with Gasteiger partial charge in [-0.25, -0.2) is 0 Å². The highest BCUT2D eigenvalue weighted by Gasteiger charge is 2.13. The van der Waals surface area contributed by atoms with Crippen molar-refractivity contribution in [3.8, 4) is 44.5 Å². The molecular weight excluding hydrogens is 516 g/mol. The van der Waals surface area contributed by atoms with Crippen molar-refractivity contribution in [2.45, 2.75) is 0 Å². The van der Waals surface area contributed by atoms with Gasteiger partial charge in [-0.3, -0.25) is 19.3 Å². The van der Waals surface area contributed by atoms with Gasteiger partial charge in [0.15, 0.2) is 0 Å². The van der Waals surface area contributed by atoms with Crippen molar-refractivity contribution in [2.24, 2.45) is 14.1 Å². The summed E-state index contributed by atoms with van der Waals surface area (Å²) in [5.41, 5.74) is 8.66. The molecule has 200 valence electrons. The predicted molar refractivity (Wildman–Crippen MR) is 170 cm³/mol. The third-order valence-corrected chi connectivity index (χ3v) is 8.06. The van der Waals surface area contributed by atoms with Gasteiger partial charge in [-0.1, -0.05) is 48.5 Å². The van der Waals surface area contributed by atoms with Gasteiger partial charge in [0.2, 0.25) is 0 Å². The highest BCUT2D eigenvalue weighted by Crippen LogP contribution is 2.39. The largest absolute Gasteiger partial charge is 0.275 e. The molecule has 0 spiro atoms. The van der Waals surface area contributed by atoms with Crippen molar-refractivity contribution in [3.63, 3.8) is 0 Å². The Balaban J connectivity index is 1.28. The summed E-state index contributed by atoms with van der Waals surface area (Å²) in [5.74, 6) is 0. The van der Waals surface area contributed by atoms with Crippen LogP contribution in [0, 0.1) is 0 Å². The maximum atomic E-state index is 4.56. The zero-order chi connectivity index (χ0) is 28.2. The Bertz CT molecular complexity index is 2110. The molecule has 8 rings (SSSR count). The minimum Gasteiger partial charge on any atom is -0.275 e. The van der Waals surface area contributed by atoms with Gasteiger partial charge < -0.3 is 0 Å². The molecule has 4 aromatic heterocycles. The summed E-state index contributed by atoms with van der Waals surface area (Å²) in [6.07, 6.45) is 15.4. The third kappa shape index (κ3) is 4.04. The summed E-state index contributed by atoms with van der Waals surface area (Å²) in [6, 6.07) is 26.6. The van der Waals surface area contributed by atoms with Crippen LogP contribution >= 0.6 is 0 Å². The van der Waals surface area contributed by atoms with E-state index in [1.165, 1.54) is 32.3 Å². The first-order valence-corrected chi connectivity index (χ1v) is 13.9. The Morgan fingerprint density at radius 2 is 0.786 bits per heavy atom. The van der Waals surface area contributed by atoms with Crippen LogP contribution in [0.25, 0.3) is 76.8 Å². The normalized spacial score (nSPS) is 11.6. The van der Waals surface area contributed by atoms with Crippen molar-refractivity contribution in [2.75, 3.05) is 0 Å². The van der Waals surface area contributed by atoms with Crippen molar-refractivity contribution in [3.05, 3.63) is 122 Å². The fourth-order valence-electron chi connectivity index (χ4n) is 5.97. The molecule has 4 aromatic carbocycles. The van der Waals surface area contributed by atoms with Gasteiger partial charge in [0.05, 0.1) is 12.4 Å². The van der Waals surface area contributed by atoms with E-state index in [9.17, 15) is 0 Å². The fourth-order valence-corrected chi connectivity index (χ4v) is 5.97. The second kappa shape index (κ2) is 9.49. The SMILES string of the molecule is Cn1cc(-c2cncc(-c3ccc4c5ccc(-c6cncc(-c7cnn(C)c7)c6)cc5c5ccccc5c4c3)c2)cn1. The minimum absolute atomic E-state index is 1.05. The average molecular weight is 543 g/mol. The molecule has 0 aliphatic heterocycles. The topological polar surface area (TPSA) is 61.4 Å². The van der Waals surface area contributed by atoms with Crippen LogP contribution in [-0.2, 0) is 14.1 Å². The van der Waals surface area contributed by atoms with E-state index >= 15 is 0 Å². The molecule has 42 heavy (non-hydrogen) atoms. The molecule has 0 saturated carbocycles. The summed E-state index contributed by atoms with van der Waals surface area (Å²) >= 11 is 0. The molecular formula is C36H26N6. The number of rotatable bonds is 4. The molecule has 0 aliphatic carbocycles. The molecule has 8 aromatic rings. The Morgan fingerprint density at radius 1 is 0.381 bits per heavy atom. The number of hydrogen-bond acceptors (Lipinski definition) is 4. The van der Waals surface area contributed by atoms with Crippen LogP contribution in [0.5, 0.6) is 0 Å². The Hall–Kier alpha value is -5.62. The molecule has 6 heteroatoms. The lowest BCUT2D eigenvalue weighted by Crippen LogP contribution is -1.88. The van der Waals surface area contributed by atoms with Gasteiger partial charge in [0, 0.05) is 84.7 Å². The van der Waals surface area contributed by atoms with Crippen LogP contribution in [0.1, 0.15) is 0 Å². The first-order chi connectivity index (χ1) is 20.6. The van der Waals surface area contributed by atoms with E-state index in [1.54, 1.807) is 0 Å². The molecule has 0 saturated heterocycles. The third-order valence-electron chi connectivity index (χ3n) is 8.06. The molecule has 0 unspecified atom stereocenters. The highest BCUT2D eigenvalue weighted by molar-refractivity contribution is 6.26. The highest BCUT2D eigenvalue weighted by atomic mass is 15.2. The monoisotopic (exact) mass is 542 g/mol. The summed E-state index contributed by atoms with van der Waals surface area (Å²) < 4.78 is 3.63. The summed E-state index contributed by atoms with van der Waals surface area (Å²) in [7, 11) is 3.86. The summed E-state index contributed by atoms with van der Waals surface area (Å²) in [5, 5.41) is 16.1. The molecule has 4 heterocycles. The van der Waals surface area contributed by atoms with Gasteiger partial charge in [-0.15, -0.1) is 0 Å². The number of fused-ring (bicyclic) bond motifs is 6. The number of aryl methyl sites for hydroxylation is 2. The van der Waals surface area contributed by atoms with Crippen LogP contribution in [0.4, 0.5) is 0 Å². The molecule has 0 aliphatic rings. The van der Waals surface area contributed by atoms with Crippen molar-refractivity contribution >= 4 is 32.3 Å². The average Bonchev–Trinajstić information content (AvgIpc) is 3.69. The first-order valence-electron chi connectivity index (χ1n) is 13.9. The van der Waals surface area contributed by atoms with Gasteiger partial charge >= 0.3 is 0 Å². The van der Waals surface area contributed by atoms with Crippen LogP contribution in [0.3, 0.4) is 0 Å². The number of hydrogen-bond donors (Lipinski definition) is 0. The van der Waals surface area contributed by atoms with E-state index in [1.807, 2.05) is 73.0 Å². The zero-order valence-electron chi connectivity index (χ0n) is 23.2. The molecule has 0 radical (unpaired) electrons. The van der Waals surface area contributed by atoms with Crippen LogP contribution in [0.15, 0.2) is 122 Å². The van der Waals surface area contributed by atoms with Crippen molar-refractivity contribution in [1.82, 2.24) is 29.5 Å².